The molecule has 2 aromatic carbocycles. The molecule has 7 heteroatoms. The van der Waals surface area contributed by atoms with Crippen molar-refractivity contribution < 1.29 is 24.2 Å². The van der Waals surface area contributed by atoms with Crippen molar-refractivity contribution in [2.24, 2.45) is 0 Å². The number of aromatic carboxylic acids is 1. The van der Waals surface area contributed by atoms with E-state index in [1.807, 2.05) is 6.07 Å². The zero-order valence-electron chi connectivity index (χ0n) is 12.0. The van der Waals surface area contributed by atoms with Crippen LogP contribution in [-0.2, 0) is 11.2 Å². The summed E-state index contributed by atoms with van der Waals surface area (Å²) in [5.74, 6) is -1.49. The number of rotatable bonds is 4. The quantitative estimate of drug-likeness (QED) is 0.746. The molecule has 0 aliphatic heterocycles. The third kappa shape index (κ3) is 5.16. The standard InChI is InChI=1S/C16H14N2O5/c19-14(9-11-5-2-1-3-6-11)17-18-16(22)23-13-8-4-7-12(10-13)15(20)21/h1-8,10H,9H2,(H,17,19)(H,18,22)(H,20,21). The first-order valence-corrected chi connectivity index (χ1v) is 6.68. The van der Waals surface area contributed by atoms with E-state index in [4.69, 9.17) is 9.84 Å². The largest absolute Gasteiger partial charge is 0.478 e. The topological polar surface area (TPSA) is 105 Å². The summed E-state index contributed by atoms with van der Waals surface area (Å²) < 4.78 is 4.88. The molecule has 0 aromatic heterocycles. The van der Waals surface area contributed by atoms with Gasteiger partial charge in [-0.1, -0.05) is 36.4 Å². The van der Waals surface area contributed by atoms with Gasteiger partial charge in [0.25, 0.3) is 0 Å². The molecule has 0 fully saturated rings. The maximum absolute atomic E-state index is 11.7. The number of ether oxygens (including phenoxy) is 1. The van der Waals surface area contributed by atoms with E-state index in [-0.39, 0.29) is 17.7 Å². The summed E-state index contributed by atoms with van der Waals surface area (Å²) in [4.78, 5) is 34.0. The monoisotopic (exact) mass is 314 g/mol. The van der Waals surface area contributed by atoms with Gasteiger partial charge in [-0.15, -0.1) is 0 Å². The Morgan fingerprint density at radius 3 is 2.39 bits per heavy atom. The number of carboxylic acids is 1. The van der Waals surface area contributed by atoms with Gasteiger partial charge in [-0.2, -0.15) is 0 Å². The van der Waals surface area contributed by atoms with Gasteiger partial charge in [0.15, 0.2) is 0 Å². The molecule has 2 amide bonds. The highest BCUT2D eigenvalue weighted by atomic mass is 16.6. The third-order valence-corrected chi connectivity index (χ3v) is 2.80. The molecule has 118 valence electrons. The van der Waals surface area contributed by atoms with Gasteiger partial charge in [0, 0.05) is 0 Å². The molecule has 2 aromatic rings. The highest BCUT2D eigenvalue weighted by Crippen LogP contribution is 2.13. The fraction of sp³-hybridized carbons (Fsp3) is 0.0625. The number of carbonyl (C=O) groups excluding carboxylic acids is 2. The van der Waals surface area contributed by atoms with E-state index in [9.17, 15) is 14.4 Å². The van der Waals surface area contributed by atoms with Crippen molar-refractivity contribution in [2.75, 3.05) is 0 Å². The van der Waals surface area contributed by atoms with Crippen LogP contribution in [0, 0.1) is 0 Å². The fourth-order valence-corrected chi connectivity index (χ4v) is 1.77. The highest BCUT2D eigenvalue weighted by Gasteiger charge is 2.09. The van der Waals surface area contributed by atoms with Crippen molar-refractivity contribution >= 4 is 18.0 Å². The Kier molecular flexibility index (Phi) is 5.30. The summed E-state index contributed by atoms with van der Waals surface area (Å²) in [6, 6.07) is 14.5. The lowest BCUT2D eigenvalue weighted by Gasteiger charge is -2.08. The molecule has 0 spiro atoms. The molecule has 0 atom stereocenters. The lowest BCUT2D eigenvalue weighted by molar-refractivity contribution is -0.121. The first-order chi connectivity index (χ1) is 11.0. The maximum atomic E-state index is 11.7. The van der Waals surface area contributed by atoms with Crippen LogP contribution in [0.4, 0.5) is 4.79 Å². The Labute approximate surface area is 131 Å². The average Bonchev–Trinajstić information content (AvgIpc) is 2.54. The lowest BCUT2D eigenvalue weighted by Crippen LogP contribution is -2.43. The molecule has 0 heterocycles. The van der Waals surface area contributed by atoms with Gasteiger partial charge in [-0.05, 0) is 23.8 Å². The van der Waals surface area contributed by atoms with Crippen molar-refractivity contribution in [2.45, 2.75) is 6.42 Å². The third-order valence-electron chi connectivity index (χ3n) is 2.80. The van der Waals surface area contributed by atoms with E-state index >= 15 is 0 Å². The first-order valence-electron chi connectivity index (χ1n) is 6.68. The fourth-order valence-electron chi connectivity index (χ4n) is 1.77. The zero-order valence-corrected chi connectivity index (χ0v) is 12.0. The van der Waals surface area contributed by atoms with Crippen LogP contribution < -0.4 is 15.6 Å². The van der Waals surface area contributed by atoms with E-state index in [0.717, 1.165) is 5.56 Å². The molecule has 0 aliphatic carbocycles. The summed E-state index contributed by atoms with van der Waals surface area (Å²) in [5.41, 5.74) is 5.09. The van der Waals surface area contributed by atoms with Gasteiger partial charge in [0.1, 0.15) is 5.75 Å². The minimum absolute atomic E-state index is 0.0107. The molecule has 2 rings (SSSR count). The molecule has 7 nitrogen and oxygen atoms in total. The number of hydrogen-bond donors (Lipinski definition) is 3. The lowest BCUT2D eigenvalue weighted by atomic mass is 10.1. The summed E-state index contributed by atoms with van der Waals surface area (Å²) in [5, 5.41) is 8.85. The van der Waals surface area contributed by atoms with Crippen LogP contribution in [0.5, 0.6) is 5.75 Å². The number of carbonyl (C=O) groups is 3. The van der Waals surface area contributed by atoms with Gasteiger partial charge >= 0.3 is 12.1 Å². The summed E-state index contributed by atoms with van der Waals surface area (Å²) in [6.45, 7) is 0. The van der Waals surface area contributed by atoms with Crippen molar-refractivity contribution in [3.05, 3.63) is 65.7 Å². The molecule has 0 saturated heterocycles. The van der Waals surface area contributed by atoms with E-state index in [0.29, 0.717) is 0 Å². The number of carboxylic acid groups (broad SMARTS) is 1. The number of amides is 2. The smallest absolute Gasteiger partial charge is 0.431 e. The van der Waals surface area contributed by atoms with Crippen LogP contribution in [0.15, 0.2) is 54.6 Å². The molecule has 0 aliphatic rings. The van der Waals surface area contributed by atoms with Gasteiger partial charge in [0.2, 0.25) is 5.91 Å². The second kappa shape index (κ2) is 7.60. The maximum Gasteiger partial charge on any atom is 0.431 e. The summed E-state index contributed by atoms with van der Waals surface area (Å²) in [6.07, 6.45) is -0.816. The van der Waals surface area contributed by atoms with Crippen LogP contribution in [0.25, 0.3) is 0 Å². The number of hydrogen-bond acceptors (Lipinski definition) is 4. The Balaban J connectivity index is 1.82. The average molecular weight is 314 g/mol. The number of benzene rings is 2. The number of nitrogens with one attached hydrogen (secondary N) is 2. The second-order valence-electron chi connectivity index (χ2n) is 4.56. The van der Waals surface area contributed by atoms with Crippen LogP contribution in [0.3, 0.4) is 0 Å². The molecule has 0 unspecified atom stereocenters. The van der Waals surface area contributed by atoms with E-state index < -0.39 is 18.0 Å². The Morgan fingerprint density at radius 2 is 1.70 bits per heavy atom. The molecule has 3 N–H and O–H groups in total. The van der Waals surface area contributed by atoms with Crippen molar-refractivity contribution in [1.82, 2.24) is 10.9 Å². The van der Waals surface area contributed by atoms with Gasteiger partial charge in [0.05, 0.1) is 12.0 Å². The predicted molar refractivity (Wildman–Crippen MR) is 80.8 cm³/mol. The molecular weight excluding hydrogens is 300 g/mol. The second-order valence-corrected chi connectivity index (χ2v) is 4.56. The van der Waals surface area contributed by atoms with Crippen molar-refractivity contribution in [3.63, 3.8) is 0 Å². The van der Waals surface area contributed by atoms with Gasteiger partial charge < -0.3 is 9.84 Å². The highest BCUT2D eigenvalue weighted by molar-refractivity contribution is 5.88. The Hall–Kier alpha value is -3.35. The summed E-state index contributed by atoms with van der Waals surface area (Å²) in [7, 11) is 0. The summed E-state index contributed by atoms with van der Waals surface area (Å²) >= 11 is 0. The Morgan fingerprint density at radius 1 is 0.957 bits per heavy atom. The minimum Gasteiger partial charge on any atom is -0.478 e. The van der Waals surface area contributed by atoms with Crippen molar-refractivity contribution in [3.8, 4) is 5.75 Å². The zero-order chi connectivity index (χ0) is 16.7. The normalized spacial score (nSPS) is 9.74. The molecule has 0 bridgehead atoms. The first kappa shape index (κ1) is 16.0. The molecule has 23 heavy (non-hydrogen) atoms. The van der Waals surface area contributed by atoms with E-state index in [1.165, 1.54) is 24.3 Å². The predicted octanol–water partition coefficient (Wildman–Crippen LogP) is 1.75. The SMILES string of the molecule is O=C(Cc1ccccc1)NNC(=O)Oc1cccc(C(=O)O)c1. The van der Waals surface area contributed by atoms with Gasteiger partial charge in [-0.3, -0.25) is 10.2 Å². The minimum atomic E-state index is -1.13. The Bertz CT molecular complexity index is 715. The van der Waals surface area contributed by atoms with Crippen LogP contribution in [0.1, 0.15) is 15.9 Å². The van der Waals surface area contributed by atoms with E-state index in [1.54, 1.807) is 24.3 Å². The van der Waals surface area contributed by atoms with Gasteiger partial charge in [-0.25, -0.2) is 15.0 Å². The number of hydrazine groups is 1. The van der Waals surface area contributed by atoms with Crippen molar-refractivity contribution in [1.29, 1.82) is 0 Å². The van der Waals surface area contributed by atoms with Crippen LogP contribution in [-0.4, -0.2) is 23.1 Å². The molecule has 0 radical (unpaired) electrons. The van der Waals surface area contributed by atoms with E-state index in [2.05, 4.69) is 10.9 Å². The van der Waals surface area contributed by atoms with Crippen LogP contribution >= 0.6 is 0 Å². The molecule has 0 saturated carbocycles. The molecular formula is C16H14N2O5. The van der Waals surface area contributed by atoms with Crippen LogP contribution in [0.2, 0.25) is 0 Å².